The summed E-state index contributed by atoms with van der Waals surface area (Å²) in [5.74, 6) is -2.08. The van der Waals surface area contributed by atoms with Gasteiger partial charge in [0.1, 0.15) is 17.3 Å². The Kier molecular flexibility index (Phi) is 4.60. The Hall–Kier alpha value is -3.03. The number of aromatic nitrogens is 1. The van der Waals surface area contributed by atoms with E-state index in [4.69, 9.17) is 0 Å². The molecule has 0 bridgehead atoms. The normalized spacial score (nSPS) is 16.8. The second kappa shape index (κ2) is 6.84. The minimum atomic E-state index is -0.814. The Bertz CT molecular complexity index is 808. The first-order valence-electron chi connectivity index (χ1n) is 7.68. The summed E-state index contributed by atoms with van der Waals surface area (Å²) in [6, 6.07) is 4.01. The van der Waals surface area contributed by atoms with Gasteiger partial charge in [0.15, 0.2) is 0 Å². The van der Waals surface area contributed by atoms with E-state index >= 15 is 0 Å². The summed E-state index contributed by atoms with van der Waals surface area (Å²) in [6.45, 7) is 1.80. The van der Waals surface area contributed by atoms with Crippen LogP contribution in [0.25, 0.3) is 0 Å². The van der Waals surface area contributed by atoms with Gasteiger partial charge in [0.05, 0.1) is 6.04 Å². The van der Waals surface area contributed by atoms with Crippen molar-refractivity contribution in [1.82, 2.24) is 10.3 Å². The maximum Gasteiger partial charge on any atom is 0.319 e. The molecular weight excluding hydrogens is 330 g/mol. The topological polar surface area (TPSA) is 74.3 Å². The van der Waals surface area contributed by atoms with Crippen LogP contribution in [0.3, 0.4) is 0 Å². The third kappa shape index (κ3) is 3.57. The average Bonchev–Trinajstić information content (AvgIpc) is 2.89. The number of carbonyl (C=O) groups excluding carboxylic acids is 2. The van der Waals surface area contributed by atoms with Crippen molar-refractivity contribution >= 4 is 23.3 Å². The number of nitrogens with one attached hydrogen (secondary N) is 2. The zero-order valence-corrected chi connectivity index (χ0v) is 13.4. The van der Waals surface area contributed by atoms with Gasteiger partial charge in [-0.05, 0) is 30.7 Å². The molecule has 0 aliphatic carbocycles. The van der Waals surface area contributed by atoms with Gasteiger partial charge in [0, 0.05) is 31.0 Å². The maximum absolute atomic E-state index is 13.9. The second-order valence-corrected chi connectivity index (χ2v) is 5.76. The summed E-state index contributed by atoms with van der Waals surface area (Å²) in [5, 5.41) is 5.31. The number of hydrogen-bond donors (Lipinski definition) is 2. The minimum absolute atomic E-state index is 0.000561. The van der Waals surface area contributed by atoms with E-state index in [1.807, 2.05) is 0 Å². The number of rotatable bonds is 3. The molecular formula is C17H16F2N4O2. The minimum Gasteiger partial charge on any atom is -0.333 e. The van der Waals surface area contributed by atoms with E-state index in [0.29, 0.717) is 5.69 Å². The zero-order chi connectivity index (χ0) is 18.0. The smallest absolute Gasteiger partial charge is 0.319 e. The second-order valence-electron chi connectivity index (χ2n) is 5.76. The molecule has 1 aliphatic heterocycles. The molecule has 25 heavy (non-hydrogen) atoms. The predicted octanol–water partition coefficient (Wildman–Crippen LogP) is 2.60. The highest BCUT2D eigenvalue weighted by Crippen LogP contribution is 2.27. The van der Waals surface area contributed by atoms with Gasteiger partial charge in [0.25, 0.3) is 0 Å². The SMILES string of the molecule is Cc1cnccc1NC(=O)NC1CC(=O)N(c2c(F)cccc2F)C1. The van der Waals surface area contributed by atoms with E-state index < -0.39 is 29.6 Å². The Labute approximate surface area is 142 Å². The van der Waals surface area contributed by atoms with Crippen LogP contribution in [0.2, 0.25) is 0 Å². The number of amides is 3. The van der Waals surface area contributed by atoms with Crippen LogP contribution in [0.15, 0.2) is 36.7 Å². The van der Waals surface area contributed by atoms with Crippen LogP contribution >= 0.6 is 0 Å². The summed E-state index contributed by atoms with van der Waals surface area (Å²) >= 11 is 0. The van der Waals surface area contributed by atoms with Gasteiger partial charge < -0.3 is 15.5 Å². The lowest BCUT2D eigenvalue weighted by Gasteiger charge is -2.18. The molecule has 0 radical (unpaired) electrons. The Morgan fingerprint density at radius 1 is 1.28 bits per heavy atom. The van der Waals surface area contributed by atoms with E-state index in [-0.39, 0.29) is 18.7 Å². The summed E-state index contributed by atoms with van der Waals surface area (Å²) < 4.78 is 27.7. The van der Waals surface area contributed by atoms with Crippen LogP contribution in [-0.2, 0) is 4.79 Å². The maximum atomic E-state index is 13.9. The first-order chi connectivity index (χ1) is 12.0. The molecule has 1 unspecified atom stereocenters. The molecule has 8 heteroatoms. The number of pyridine rings is 1. The quantitative estimate of drug-likeness (QED) is 0.897. The van der Waals surface area contributed by atoms with Gasteiger partial charge in [-0.1, -0.05) is 6.07 Å². The number of para-hydroxylation sites is 1. The van der Waals surface area contributed by atoms with Crippen LogP contribution in [0.1, 0.15) is 12.0 Å². The van der Waals surface area contributed by atoms with Crippen LogP contribution in [0.5, 0.6) is 0 Å². The predicted molar refractivity (Wildman–Crippen MR) is 88.2 cm³/mol. The van der Waals surface area contributed by atoms with Gasteiger partial charge in [0.2, 0.25) is 5.91 Å². The molecule has 1 saturated heterocycles. The molecule has 2 N–H and O–H groups in total. The molecule has 0 saturated carbocycles. The fourth-order valence-corrected chi connectivity index (χ4v) is 2.72. The fraction of sp³-hybridized carbons (Fsp3) is 0.235. The number of urea groups is 1. The molecule has 1 aliphatic rings. The Morgan fingerprint density at radius 2 is 2.00 bits per heavy atom. The molecule has 1 aromatic heterocycles. The number of hydrogen-bond acceptors (Lipinski definition) is 3. The molecule has 3 amide bonds. The van der Waals surface area contributed by atoms with Gasteiger partial charge in [-0.3, -0.25) is 9.78 Å². The van der Waals surface area contributed by atoms with Crippen molar-refractivity contribution in [3.8, 4) is 0 Å². The summed E-state index contributed by atoms with van der Waals surface area (Å²) in [7, 11) is 0. The average molecular weight is 346 g/mol. The number of anilines is 2. The molecule has 1 fully saturated rings. The monoisotopic (exact) mass is 346 g/mol. The standard InChI is InChI=1S/C17H16F2N4O2/c1-10-8-20-6-5-14(10)22-17(25)21-11-7-15(24)23(9-11)16-12(18)3-2-4-13(16)19/h2-6,8,11H,7,9H2,1H3,(H2,20,21,22,25). The number of nitrogens with zero attached hydrogens (tertiary/aromatic N) is 2. The molecule has 2 aromatic rings. The van der Waals surface area contributed by atoms with Crippen molar-refractivity contribution in [2.75, 3.05) is 16.8 Å². The third-order valence-corrected chi connectivity index (χ3v) is 3.94. The lowest BCUT2D eigenvalue weighted by atomic mass is 10.2. The van der Waals surface area contributed by atoms with Crippen molar-refractivity contribution in [3.63, 3.8) is 0 Å². The van der Waals surface area contributed by atoms with E-state index in [2.05, 4.69) is 15.6 Å². The first-order valence-corrected chi connectivity index (χ1v) is 7.68. The van der Waals surface area contributed by atoms with Crippen molar-refractivity contribution in [2.24, 2.45) is 0 Å². The number of aryl methyl sites for hydroxylation is 1. The van der Waals surface area contributed by atoms with Crippen LogP contribution in [0.4, 0.5) is 25.0 Å². The van der Waals surface area contributed by atoms with Crippen LogP contribution in [-0.4, -0.2) is 29.5 Å². The summed E-state index contributed by atoms with van der Waals surface area (Å²) in [4.78, 5) is 29.1. The van der Waals surface area contributed by atoms with Crippen molar-refractivity contribution < 1.29 is 18.4 Å². The highest BCUT2D eigenvalue weighted by Gasteiger charge is 2.34. The van der Waals surface area contributed by atoms with Crippen LogP contribution in [0, 0.1) is 18.6 Å². The lowest BCUT2D eigenvalue weighted by molar-refractivity contribution is -0.117. The Morgan fingerprint density at radius 3 is 2.68 bits per heavy atom. The molecule has 0 spiro atoms. The number of benzene rings is 1. The summed E-state index contributed by atoms with van der Waals surface area (Å²) in [5.41, 5.74) is 0.992. The number of carbonyl (C=O) groups is 2. The lowest BCUT2D eigenvalue weighted by Crippen LogP contribution is -2.40. The van der Waals surface area contributed by atoms with Gasteiger partial charge >= 0.3 is 6.03 Å². The van der Waals surface area contributed by atoms with Gasteiger partial charge in [-0.15, -0.1) is 0 Å². The number of halogens is 2. The molecule has 1 aromatic carbocycles. The third-order valence-electron chi connectivity index (χ3n) is 3.94. The van der Waals surface area contributed by atoms with Crippen molar-refractivity contribution in [1.29, 1.82) is 0 Å². The van der Waals surface area contributed by atoms with E-state index in [1.54, 1.807) is 25.4 Å². The van der Waals surface area contributed by atoms with Gasteiger partial charge in [-0.2, -0.15) is 0 Å². The first kappa shape index (κ1) is 16.8. The van der Waals surface area contributed by atoms with E-state index in [0.717, 1.165) is 22.6 Å². The molecule has 3 rings (SSSR count). The van der Waals surface area contributed by atoms with E-state index in [9.17, 15) is 18.4 Å². The molecule has 2 heterocycles. The van der Waals surface area contributed by atoms with Crippen LogP contribution < -0.4 is 15.5 Å². The molecule has 6 nitrogen and oxygen atoms in total. The largest absolute Gasteiger partial charge is 0.333 e. The summed E-state index contributed by atoms with van der Waals surface area (Å²) in [6.07, 6.45) is 3.12. The zero-order valence-electron chi connectivity index (χ0n) is 13.4. The highest BCUT2D eigenvalue weighted by atomic mass is 19.1. The van der Waals surface area contributed by atoms with Gasteiger partial charge in [-0.25, -0.2) is 13.6 Å². The highest BCUT2D eigenvalue weighted by molar-refractivity contribution is 5.98. The Balaban J connectivity index is 1.67. The van der Waals surface area contributed by atoms with Crippen molar-refractivity contribution in [3.05, 3.63) is 53.9 Å². The fourth-order valence-electron chi connectivity index (χ4n) is 2.72. The van der Waals surface area contributed by atoms with Crippen molar-refractivity contribution in [2.45, 2.75) is 19.4 Å². The molecule has 130 valence electrons. The van der Waals surface area contributed by atoms with E-state index in [1.165, 1.54) is 6.07 Å². The molecule has 1 atom stereocenters.